The number of benzene rings is 1. The molecule has 0 atom stereocenters. The fourth-order valence-corrected chi connectivity index (χ4v) is 4.23. The summed E-state index contributed by atoms with van der Waals surface area (Å²) < 4.78 is 0. The highest BCUT2D eigenvalue weighted by Crippen LogP contribution is 2.28. The van der Waals surface area contributed by atoms with Crippen LogP contribution in [0, 0.1) is 5.92 Å². The molecule has 0 N–H and O–H groups in total. The van der Waals surface area contributed by atoms with Gasteiger partial charge in [-0.15, -0.1) is 0 Å². The maximum Gasteiger partial charge on any atom is 0.137 e. The third kappa shape index (κ3) is 6.13. The van der Waals surface area contributed by atoms with Crippen molar-refractivity contribution in [2.75, 3.05) is 0 Å². The molecular formula is C24H36O. The summed E-state index contributed by atoms with van der Waals surface area (Å²) in [4.78, 5) is 12.3. The molecule has 2 aliphatic rings. The molecule has 25 heavy (non-hydrogen) atoms. The summed E-state index contributed by atoms with van der Waals surface area (Å²) in [5.41, 5.74) is 5.68. The minimum absolute atomic E-state index is 0.428. The van der Waals surface area contributed by atoms with E-state index in [-0.39, 0.29) is 0 Å². The predicted octanol–water partition coefficient (Wildman–Crippen LogP) is 6.62. The van der Waals surface area contributed by atoms with E-state index >= 15 is 0 Å². The van der Waals surface area contributed by atoms with Crippen LogP contribution in [0.25, 0.3) is 0 Å². The Bertz CT molecular complexity index is 576. The number of carbonyl (C=O) groups excluding carboxylic acids is 1. The third-order valence-electron chi connectivity index (χ3n) is 5.77. The summed E-state index contributed by atoms with van der Waals surface area (Å²) in [6, 6.07) is 6.72. The van der Waals surface area contributed by atoms with Crippen LogP contribution < -0.4 is 0 Å². The predicted molar refractivity (Wildman–Crippen MR) is 108 cm³/mol. The van der Waals surface area contributed by atoms with Gasteiger partial charge in [-0.1, -0.05) is 75.8 Å². The topological polar surface area (TPSA) is 17.1 Å². The van der Waals surface area contributed by atoms with Crippen LogP contribution >= 0.6 is 0 Å². The molecular weight excluding hydrogens is 304 g/mol. The number of allylic oxidation sites excluding steroid dienone is 2. The van der Waals surface area contributed by atoms with Crippen molar-refractivity contribution in [2.24, 2.45) is 5.92 Å². The van der Waals surface area contributed by atoms with Gasteiger partial charge in [0, 0.05) is 12.8 Å². The van der Waals surface area contributed by atoms with Gasteiger partial charge >= 0.3 is 0 Å². The van der Waals surface area contributed by atoms with Gasteiger partial charge in [0.25, 0.3) is 0 Å². The Hall–Kier alpha value is -1.37. The molecule has 0 unspecified atom stereocenters. The summed E-state index contributed by atoms with van der Waals surface area (Å²) in [5, 5.41) is 0. The van der Waals surface area contributed by atoms with E-state index in [1.165, 1.54) is 55.2 Å². The molecule has 0 radical (unpaired) electrons. The van der Waals surface area contributed by atoms with E-state index in [0.29, 0.717) is 12.2 Å². The van der Waals surface area contributed by atoms with Crippen LogP contribution in [-0.4, -0.2) is 5.78 Å². The summed E-state index contributed by atoms with van der Waals surface area (Å²) in [6.07, 6.45) is 15.0. The molecule has 1 aromatic carbocycles. The van der Waals surface area contributed by atoms with Gasteiger partial charge < -0.3 is 0 Å². The minimum atomic E-state index is 0.428. The monoisotopic (exact) mass is 340 g/mol. The Kier molecular flexibility index (Phi) is 8.44. The van der Waals surface area contributed by atoms with Gasteiger partial charge in [0.2, 0.25) is 0 Å². The van der Waals surface area contributed by atoms with Crippen LogP contribution in [0.1, 0.15) is 88.8 Å². The Morgan fingerprint density at radius 3 is 2.56 bits per heavy atom. The van der Waals surface area contributed by atoms with Crippen molar-refractivity contribution in [3.63, 3.8) is 0 Å². The van der Waals surface area contributed by atoms with Gasteiger partial charge in [0.15, 0.2) is 0 Å². The fraction of sp³-hybridized carbons (Fsp3) is 0.625. The van der Waals surface area contributed by atoms with Crippen molar-refractivity contribution < 1.29 is 4.79 Å². The standard InChI is InChI=1S/C22H30O.C2H6/c1-2-17-8-11-20-12-9-19(15-21(20)14-17)16-22(23)13-10-18-6-4-3-5-7-18;1-2/h2,9,12,15,18H,3-8,10-11,13-14,16H2,1H3;1-2H3/b17-2+;. The Morgan fingerprint density at radius 2 is 1.84 bits per heavy atom. The lowest BCUT2D eigenvalue weighted by atomic mass is 9.84. The summed E-state index contributed by atoms with van der Waals surface area (Å²) in [6.45, 7) is 6.14. The first-order chi connectivity index (χ1) is 12.2. The molecule has 2 aliphatic carbocycles. The largest absolute Gasteiger partial charge is 0.299 e. The maximum atomic E-state index is 12.3. The van der Waals surface area contributed by atoms with Crippen LogP contribution in [-0.2, 0) is 24.1 Å². The molecule has 3 rings (SSSR count). The molecule has 1 saturated carbocycles. The van der Waals surface area contributed by atoms with Crippen molar-refractivity contribution in [3.05, 3.63) is 46.5 Å². The van der Waals surface area contributed by atoms with E-state index < -0.39 is 0 Å². The number of hydrogen-bond donors (Lipinski definition) is 0. The summed E-state index contributed by atoms with van der Waals surface area (Å²) in [7, 11) is 0. The Labute approximate surface area is 154 Å². The van der Waals surface area contributed by atoms with Crippen LogP contribution in [0.15, 0.2) is 29.8 Å². The van der Waals surface area contributed by atoms with E-state index in [9.17, 15) is 4.79 Å². The zero-order valence-electron chi connectivity index (χ0n) is 16.6. The van der Waals surface area contributed by atoms with Crippen molar-refractivity contribution in [2.45, 2.75) is 91.4 Å². The zero-order chi connectivity index (χ0) is 18.1. The highest BCUT2D eigenvalue weighted by molar-refractivity contribution is 5.80. The van der Waals surface area contributed by atoms with Crippen molar-refractivity contribution in [1.29, 1.82) is 0 Å². The number of ketones is 1. The fourth-order valence-electron chi connectivity index (χ4n) is 4.23. The molecule has 0 bridgehead atoms. The second-order valence-electron chi connectivity index (χ2n) is 7.48. The number of hydrogen-bond acceptors (Lipinski definition) is 1. The molecule has 0 saturated heterocycles. The molecule has 0 spiro atoms. The van der Waals surface area contributed by atoms with Crippen LogP contribution in [0.2, 0.25) is 0 Å². The van der Waals surface area contributed by atoms with Gasteiger partial charge in [-0.25, -0.2) is 0 Å². The number of Topliss-reactive ketones (excluding diaryl/α,β-unsaturated/α-hetero) is 1. The smallest absolute Gasteiger partial charge is 0.137 e. The molecule has 1 nitrogen and oxygen atoms in total. The number of carbonyl (C=O) groups is 1. The molecule has 0 aromatic heterocycles. The normalized spacial score (nSPS) is 19.1. The van der Waals surface area contributed by atoms with Gasteiger partial charge in [-0.2, -0.15) is 0 Å². The highest BCUT2D eigenvalue weighted by atomic mass is 16.1. The zero-order valence-corrected chi connectivity index (χ0v) is 16.6. The van der Waals surface area contributed by atoms with E-state index in [1.807, 2.05) is 13.8 Å². The van der Waals surface area contributed by atoms with Crippen molar-refractivity contribution in [1.82, 2.24) is 0 Å². The highest BCUT2D eigenvalue weighted by Gasteiger charge is 2.16. The quantitative estimate of drug-likeness (QED) is 0.550. The van der Waals surface area contributed by atoms with Crippen LogP contribution in [0.4, 0.5) is 0 Å². The van der Waals surface area contributed by atoms with E-state index in [1.54, 1.807) is 5.57 Å². The van der Waals surface area contributed by atoms with Gasteiger partial charge in [-0.05, 0) is 55.2 Å². The number of rotatable bonds is 5. The summed E-state index contributed by atoms with van der Waals surface area (Å²) >= 11 is 0. The number of aryl methyl sites for hydroxylation is 1. The lowest BCUT2D eigenvalue weighted by Gasteiger charge is -2.21. The van der Waals surface area contributed by atoms with Gasteiger partial charge in [0.05, 0.1) is 0 Å². The van der Waals surface area contributed by atoms with E-state index in [2.05, 4.69) is 31.2 Å². The molecule has 1 fully saturated rings. The molecule has 0 amide bonds. The minimum Gasteiger partial charge on any atom is -0.299 e. The van der Waals surface area contributed by atoms with Crippen molar-refractivity contribution in [3.8, 4) is 0 Å². The first-order valence-corrected chi connectivity index (χ1v) is 10.5. The second kappa shape index (κ2) is 10.6. The molecule has 1 heteroatoms. The second-order valence-corrected chi connectivity index (χ2v) is 7.48. The third-order valence-corrected chi connectivity index (χ3v) is 5.77. The van der Waals surface area contributed by atoms with Crippen LogP contribution in [0.5, 0.6) is 0 Å². The van der Waals surface area contributed by atoms with Crippen LogP contribution in [0.3, 0.4) is 0 Å². The first kappa shape index (κ1) is 19.9. The Morgan fingerprint density at radius 1 is 1.08 bits per heavy atom. The molecule has 1 aromatic rings. The lowest BCUT2D eigenvalue weighted by molar-refractivity contribution is -0.118. The first-order valence-electron chi connectivity index (χ1n) is 10.5. The average molecular weight is 341 g/mol. The molecule has 0 aliphatic heterocycles. The maximum absolute atomic E-state index is 12.3. The summed E-state index contributed by atoms with van der Waals surface area (Å²) in [5.74, 6) is 1.24. The van der Waals surface area contributed by atoms with Gasteiger partial charge in [-0.3, -0.25) is 4.79 Å². The lowest BCUT2D eigenvalue weighted by Crippen LogP contribution is -2.11. The molecule has 138 valence electrons. The average Bonchev–Trinajstić information content (AvgIpc) is 2.68. The van der Waals surface area contributed by atoms with Crippen molar-refractivity contribution >= 4 is 5.78 Å². The van der Waals surface area contributed by atoms with E-state index in [0.717, 1.165) is 31.6 Å². The SMILES string of the molecule is C/C=C1\CCc2ccc(CC(=O)CCC3CCCCC3)cc2C1.CC. The number of fused-ring (bicyclic) bond motifs is 1. The molecule has 0 heterocycles. The van der Waals surface area contributed by atoms with E-state index in [4.69, 9.17) is 0 Å². The van der Waals surface area contributed by atoms with Gasteiger partial charge in [0.1, 0.15) is 5.78 Å². The Balaban J connectivity index is 0.00000109.